The third-order valence-corrected chi connectivity index (χ3v) is 14.2. The second-order valence-corrected chi connectivity index (χ2v) is 17.2. The van der Waals surface area contributed by atoms with Crippen molar-refractivity contribution in [2.75, 3.05) is 0 Å². The van der Waals surface area contributed by atoms with Gasteiger partial charge in [0.25, 0.3) is 0 Å². The van der Waals surface area contributed by atoms with Gasteiger partial charge in [-0.2, -0.15) is 18.4 Å². The van der Waals surface area contributed by atoms with Crippen LogP contribution in [0.2, 0.25) is 0 Å². The Morgan fingerprint density at radius 2 is 1.00 bits per heavy atom. The fourth-order valence-electron chi connectivity index (χ4n) is 9.53. The molecule has 0 N–H and O–H groups in total. The molecule has 0 radical (unpaired) electrons. The molecule has 8 aromatic carbocycles. The Morgan fingerprint density at radius 1 is 0.508 bits per heavy atom. The van der Waals surface area contributed by atoms with Gasteiger partial charge in [0.1, 0.15) is 0 Å². The monoisotopic (exact) mass is 803 g/mol. The minimum Gasteiger partial charge on any atom is -0.306 e. The summed E-state index contributed by atoms with van der Waals surface area (Å²) in [7, 11) is 0. The zero-order valence-corrected chi connectivity index (χ0v) is 32.9. The van der Waals surface area contributed by atoms with E-state index in [9.17, 15) is 5.26 Å². The van der Waals surface area contributed by atoms with Crippen LogP contribution in [0.3, 0.4) is 0 Å². The van der Waals surface area contributed by atoms with E-state index in [2.05, 4.69) is 106 Å². The van der Waals surface area contributed by atoms with Gasteiger partial charge in [-0.1, -0.05) is 97.1 Å². The van der Waals surface area contributed by atoms with Crippen molar-refractivity contribution in [2.24, 2.45) is 0 Å². The smallest absolute Gasteiger partial charge is 0.306 e. The van der Waals surface area contributed by atoms with Crippen molar-refractivity contribution in [1.29, 1.82) is 5.26 Å². The number of benzene rings is 8. The van der Waals surface area contributed by atoms with Crippen LogP contribution in [0.5, 0.6) is 0 Å². The molecule has 0 bridgehead atoms. The van der Waals surface area contributed by atoms with Gasteiger partial charge in [0, 0.05) is 67.5 Å². The summed E-state index contributed by atoms with van der Waals surface area (Å²) in [5.74, 6) is 0. The van der Waals surface area contributed by atoms with E-state index in [1.54, 1.807) is 35.7 Å². The maximum atomic E-state index is 15.0. The number of halogens is 3. The molecule has 0 aliphatic heterocycles. The van der Waals surface area contributed by atoms with E-state index in [1.807, 2.05) is 42.5 Å². The third kappa shape index (κ3) is 4.74. The van der Waals surface area contributed by atoms with Crippen molar-refractivity contribution in [2.45, 2.75) is 13.1 Å². The summed E-state index contributed by atoms with van der Waals surface area (Å²) in [5.41, 5.74) is 5.21. The number of hydrogen-bond acceptors (Lipinski definition) is 3. The normalized spacial score (nSPS) is 12.4. The van der Waals surface area contributed by atoms with Gasteiger partial charge >= 0.3 is 6.18 Å². The van der Waals surface area contributed by atoms with Gasteiger partial charge in [0.05, 0.1) is 50.6 Å². The van der Waals surface area contributed by atoms with Crippen LogP contribution >= 0.6 is 22.7 Å². The molecule has 0 unspecified atom stereocenters. The maximum Gasteiger partial charge on any atom is 0.417 e. The first-order valence-corrected chi connectivity index (χ1v) is 20.9. The summed E-state index contributed by atoms with van der Waals surface area (Å²) < 4.78 is 54.1. The Morgan fingerprint density at radius 3 is 1.53 bits per heavy atom. The standard InChI is InChI=1S/C51H28F3N3S2/c1-28-11-10-16-37(51(52,53)54)46(28)36-26-41(57-39-18-7-3-13-31(39)33-22-24-45-48(50(33)57)35-15-5-9-20-43(35)59-45)40(25-29(36)27-55)56-38-17-6-2-12-30(38)32-21-23-44-47(49(32)56)34-14-4-8-19-42(34)58-44/h2-26H,1H3. The predicted octanol–water partition coefficient (Wildman–Crippen LogP) is 15.5. The number of para-hydroxylation sites is 2. The van der Waals surface area contributed by atoms with Crippen molar-refractivity contribution in [3.8, 4) is 28.6 Å². The summed E-state index contributed by atoms with van der Waals surface area (Å²) in [4.78, 5) is 0. The molecule has 0 saturated heterocycles. The number of aryl methyl sites for hydroxylation is 1. The van der Waals surface area contributed by atoms with Crippen molar-refractivity contribution in [3.63, 3.8) is 0 Å². The van der Waals surface area contributed by atoms with Crippen molar-refractivity contribution >= 4 is 107 Å². The highest BCUT2D eigenvalue weighted by Gasteiger charge is 2.35. The molecule has 0 spiro atoms. The van der Waals surface area contributed by atoms with Crippen LogP contribution in [0.25, 0.3) is 106 Å². The quantitative estimate of drug-likeness (QED) is 0.175. The zero-order chi connectivity index (χ0) is 39.7. The van der Waals surface area contributed by atoms with Crippen LogP contribution in [0, 0.1) is 18.3 Å². The molecule has 0 atom stereocenters. The number of alkyl halides is 3. The highest BCUT2D eigenvalue weighted by atomic mass is 32.1. The second-order valence-electron chi connectivity index (χ2n) is 15.1. The van der Waals surface area contributed by atoms with Crippen LogP contribution in [-0.4, -0.2) is 9.13 Å². The van der Waals surface area contributed by atoms with Gasteiger partial charge in [-0.05, 0) is 72.6 Å². The van der Waals surface area contributed by atoms with Gasteiger partial charge in [0.2, 0.25) is 0 Å². The van der Waals surface area contributed by atoms with Crippen LogP contribution in [0.4, 0.5) is 13.2 Å². The predicted molar refractivity (Wildman–Crippen MR) is 241 cm³/mol. The van der Waals surface area contributed by atoms with E-state index in [0.29, 0.717) is 16.9 Å². The lowest BCUT2D eigenvalue weighted by Gasteiger charge is -2.22. The Bertz CT molecular complexity index is 3810. The number of nitrogens with zero attached hydrogens (tertiary/aromatic N) is 3. The lowest BCUT2D eigenvalue weighted by molar-refractivity contribution is -0.137. The molecule has 0 fully saturated rings. The fourth-order valence-corrected chi connectivity index (χ4v) is 11.7. The second kappa shape index (κ2) is 12.3. The van der Waals surface area contributed by atoms with Gasteiger partial charge in [-0.25, -0.2) is 0 Å². The Labute approximate surface area is 342 Å². The molecule has 0 aliphatic rings. The topological polar surface area (TPSA) is 33.6 Å². The minimum atomic E-state index is -4.65. The lowest BCUT2D eigenvalue weighted by atomic mass is 9.90. The summed E-state index contributed by atoms with van der Waals surface area (Å²) >= 11 is 3.46. The number of aromatic nitrogens is 2. The molecule has 4 heterocycles. The first kappa shape index (κ1) is 34.1. The molecule has 8 heteroatoms. The molecule has 59 heavy (non-hydrogen) atoms. The highest BCUT2D eigenvalue weighted by molar-refractivity contribution is 7.26. The number of hydrogen-bond donors (Lipinski definition) is 0. The van der Waals surface area contributed by atoms with E-state index in [1.165, 1.54) is 6.07 Å². The minimum absolute atomic E-state index is 0.00434. The van der Waals surface area contributed by atoms with Crippen LogP contribution in [0.15, 0.2) is 152 Å². The Kier molecular flexibility index (Phi) is 7.12. The van der Waals surface area contributed by atoms with E-state index in [0.717, 1.165) is 90.0 Å². The molecular weight excluding hydrogens is 776 g/mol. The van der Waals surface area contributed by atoms with Crippen LogP contribution in [0.1, 0.15) is 16.7 Å². The SMILES string of the molecule is Cc1cccc(C(F)(F)F)c1-c1cc(-n2c3ccccc3c3ccc4sc5ccccc5c4c32)c(-n2c3ccccc3c3ccc4sc5ccccc5c4c32)cc1C#N. The maximum absolute atomic E-state index is 15.0. The molecule has 280 valence electrons. The first-order valence-electron chi connectivity index (χ1n) is 19.2. The largest absolute Gasteiger partial charge is 0.417 e. The summed E-state index contributed by atoms with van der Waals surface area (Å²) in [6.45, 7) is 1.69. The molecular formula is C51H28F3N3S2. The van der Waals surface area contributed by atoms with E-state index in [4.69, 9.17) is 0 Å². The molecule has 0 amide bonds. The van der Waals surface area contributed by atoms with Crippen LogP contribution < -0.4 is 0 Å². The van der Waals surface area contributed by atoms with E-state index >= 15 is 13.2 Å². The highest BCUT2D eigenvalue weighted by Crippen LogP contribution is 2.49. The number of nitriles is 1. The van der Waals surface area contributed by atoms with E-state index in [-0.39, 0.29) is 16.7 Å². The summed E-state index contributed by atoms with van der Waals surface area (Å²) in [6, 6.07) is 52.3. The van der Waals surface area contributed by atoms with Gasteiger partial charge in [-0.15, -0.1) is 22.7 Å². The van der Waals surface area contributed by atoms with Crippen molar-refractivity contribution < 1.29 is 13.2 Å². The summed E-state index contributed by atoms with van der Waals surface area (Å²) in [6.07, 6.45) is -4.65. The number of fused-ring (bicyclic) bond motifs is 14. The fraction of sp³-hybridized carbons (Fsp3) is 0.0392. The molecule has 12 aromatic rings. The average Bonchev–Trinajstić information content (AvgIpc) is 4.00. The number of rotatable bonds is 3. The van der Waals surface area contributed by atoms with Crippen molar-refractivity contribution in [3.05, 3.63) is 168 Å². The molecule has 3 nitrogen and oxygen atoms in total. The van der Waals surface area contributed by atoms with Gasteiger partial charge < -0.3 is 9.13 Å². The molecule has 12 rings (SSSR count). The zero-order valence-electron chi connectivity index (χ0n) is 31.2. The van der Waals surface area contributed by atoms with E-state index < -0.39 is 11.7 Å². The first-order chi connectivity index (χ1) is 28.8. The van der Waals surface area contributed by atoms with Gasteiger partial charge in [0.15, 0.2) is 0 Å². The Balaban J connectivity index is 1.35. The molecule has 0 saturated carbocycles. The number of thiophene rings is 2. The third-order valence-electron chi connectivity index (χ3n) is 11.9. The lowest BCUT2D eigenvalue weighted by Crippen LogP contribution is -2.10. The molecule has 4 aromatic heterocycles. The van der Waals surface area contributed by atoms with Crippen LogP contribution in [-0.2, 0) is 6.18 Å². The summed E-state index contributed by atoms with van der Waals surface area (Å²) in [5, 5.41) is 19.6. The van der Waals surface area contributed by atoms with Gasteiger partial charge in [-0.3, -0.25) is 0 Å². The molecule has 0 aliphatic carbocycles. The Hall–Kier alpha value is -6.92. The van der Waals surface area contributed by atoms with Crippen molar-refractivity contribution in [1.82, 2.24) is 9.13 Å². The average molecular weight is 804 g/mol.